The zero-order valence-corrected chi connectivity index (χ0v) is 7.32. The number of hydrogen-bond donors (Lipinski definition) is 1. The lowest BCUT2D eigenvalue weighted by Crippen LogP contribution is -2.51. The molecule has 2 atom stereocenters. The van der Waals surface area contributed by atoms with Gasteiger partial charge in [0.15, 0.2) is 0 Å². The summed E-state index contributed by atoms with van der Waals surface area (Å²) in [6, 6.07) is 0.0104. The molecule has 1 N–H and O–H groups in total. The smallest absolute Gasteiger partial charge is 0.150 e. The Hall–Kier alpha value is -0.450. The lowest BCUT2D eigenvalue weighted by atomic mass is 10.1. The molecule has 0 saturated carbocycles. The van der Waals surface area contributed by atoms with E-state index in [1.54, 1.807) is 0 Å². The van der Waals surface area contributed by atoms with E-state index in [4.69, 9.17) is 4.74 Å². The summed E-state index contributed by atoms with van der Waals surface area (Å²) < 4.78 is 5.23. The quantitative estimate of drug-likeness (QED) is 0.561. The fraction of sp³-hybridized carbons (Fsp3) is 0.875. The molecule has 4 nitrogen and oxygen atoms in total. The van der Waals surface area contributed by atoms with E-state index < -0.39 is 0 Å². The van der Waals surface area contributed by atoms with Crippen molar-refractivity contribution in [2.24, 2.45) is 0 Å². The molecule has 1 heterocycles. The van der Waals surface area contributed by atoms with E-state index in [0.717, 1.165) is 25.9 Å². The standard InChI is InChI=1S/C8H15N2O2/c1-2-12-8(6-11)7-5-9-3-4-10-7/h6-9H,2-5H2,1H3. The van der Waals surface area contributed by atoms with Crippen molar-refractivity contribution in [2.75, 3.05) is 26.2 Å². The Balaban J connectivity index is 2.34. The fourth-order valence-electron chi connectivity index (χ4n) is 1.28. The molecule has 1 aliphatic rings. The number of rotatable bonds is 4. The number of nitrogens with zero attached hydrogens (tertiary/aromatic N) is 1. The van der Waals surface area contributed by atoms with E-state index in [-0.39, 0.29) is 12.1 Å². The van der Waals surface area contributed by atoms with Gasteiger partial charge < -0.3 is 14.8 Å². The van der Waals surface area contributed by atoms with Gasteiger partial charge in [-0.2, -0.15) is 0 Å². The first kappa shape index (κ1) is 9.64. The summed E-state index contributed by atoms with van der Waals surface area (Å²) in [5.74, 6) is 0. The lowest BCUT2D eigenvalue weighted by molar-refractivity contribution is -0.119. The highest BCUT2D eigenvalue weighted by molar-refractivity contribution is 5.57. The molecule has 0 spiro atoms. The van der Waals surface area contributed by atoms with Crippen molar-refractivity contribution < 1.29 is 9.53 Å². The molecule has 1 saturated heterocycles. The van der Waals surface area contributed by atoms with Crippen molar-refractivity contribution in [3.8, 4) is 0 Å². The number of carbonyl (C=O) groups excluding carboxylic acids is 1. The van der Waals surface area contributed by atoms with Gasteiger partial charge in [-0.25, -0.2) is 5.32 Å². The van der Waals surface area contributed by atoms with Crippen LogP contribution in [-0.2, 0) is 9.53 Å². The van der Waals surface area contributed by atoms with Gasteiger partial charge in [-0.1, -0.05) is 0 Å². The minimum absolute atomic E-state index is 0.0104. The SMILES string of the molecule is CCOC(C=O)C1CNCC[N]1. The van der Waals surface area contributed by atoms with Crippen LogP contribution in [0.15, 0.2) is 0 Å². The van der Waals surface area contributed by atoms with Crippen LogP contribution in [-0.4, -0.2) is 44.7 Å². The van der Waals surface area contributed by atoms with Gasteiger partial charge >= 0.3 is 0 Å². The summed E-state index contributed by atoms with van der Waals surface area (Å²) >= 11 is 0. The van der Waals surface area contributed by atoms with Gasteiger partial charge in [0, 0.05) is 26.2 Å². The normalized spacial score (nSPS) is 26.6. The number of aldehydes is 1. The summed E-state index contributed by atoms with van der Waals surface area (Å²) in [5, 5.41) is 7.48. The maximum atomic E-state index is 10.6. The minimum atomic E-state index is -0.359. The second-order valence-electron chi connectivity index (χ2n) is 2.73. The van der Waals surface area contributed by atoms with E-state index in [1.165, 1.54) is 0 Å². The summed E-state index contributed by atoms with van der Waals surface area (Å²) in [7, 11) is 0. The molecule has 1 rings (SSSR count). The summed E-state index contributed by atoms with van der Waals surface area (Å²) in [6.07, 6.45) is 0.479. The maximum absolute atomic E-state index is 10.6. The molecule has 1 aliphatic heterocycles. The molecular weight excluding hydrogens is 156 g/mol. The van der Waals surface area contributed by atoms with E-state index in [2.05, 4.69) is 10.6 Å². The number of hydrogen-bond acceptors (Lipinski definition) is 3. The van der Waals surface area contributed by atoms with Crippen LogP contribution < -0.4 is 10.6 Å². The topological polar surface area (TPSA) is 52.4 Å². The van der Waals surface area contributed by atoms with Crippen molar-refractivity contribution >= 4 is 6.29 Å². The number of carbonyl (C=O) groups is 1. The molecule has 0 aromatic heterocycles. The number of nitrogens with one attached hydrogen (secondary N) is 1. The number of piperazine rings is 1. The van der Waals surface area contributed by atoms with Crippen LogP contribution in [0.25, 0.3) is 0 Å². The van der Waals surface area contributed by atoms with Gasteiger partial charge in [0.2, 0.25) is 0 Å². The van der Waals surface area contributed by atoms with E-state index in [9.17, 15) is 4.79 Å². The fourth-order valence-corrected chi connectivity index (χ4v) is 1.28. The molecule has 0 aliphatic carbocycles. The Labute approximate surface area is 72.7 Å². The lowest BCUT2D eigenvalue weighted by Gasteiger charge is -2.26. The van der Waals surface area contributed by atoms with Gasteiger partial charge in [-0.15, -0.1) is 0 Å². The molecule has 12 heavy (non-hydrogen) atoms. The predicted octanol–water partition coefficient (Wildman–Crippen LogP) is -0.833. The molecule has 69 valence electrons. The summed E-state index contributed by atoms with van der Waals surface area (Å²) in [6.45, 7) is 4.89. The van der Waals surface area contributed by atoms with Crippen LogP contribution in [0.4, 0.5) is 0 Å². The average molecular weight is 171 g/mol. The molecule has 0 aromatic rings. The van der Waals surface area contributed by atoms with Gasteiger partial charge in [0.1, 0.15) is 12.4 Å². The highest BCUT2D eigenvalue weighted by atomic mass is 16.5. The predicted molar refractivity (Wildman–Crippen MR) is 45.1 cm³/mol. The first-order valence-corrected chi connectivity index (χ1v) is 4.32. The average Bonchev–Trinajstić information content (AvgIpc) is 2.15. The zero-order chi connectivity index (χ0) is 8.81. The van der Waals surface area contributed by atoms with Crippen molar-refractivity contribution in [1.82, 2.24) is 10.6 Å². The maximum Gasteiger partial charge on any atom is 0.150 e. The van der Waals surface area contributed by atoms with Crippen molar-refractivity contribution in [3.63, 3.8) is 0 Å². The third-order valence-corrected chi connectivity index (χ3v) is 1.88. The molecule has 0 amide bonds. The Kier molecular flexibility index (Phi) is 4.21. The zero-order valence-electron chi connectivity index (χ0n) is 7.32. The molecule has 1 fully saturated rings. The van der Waals surface area contributed by atoms with Crippen LogP contribution in [0, 0.1) is 0 Å². The van der Waals surface area contributed by atoms with Crippen molar-refractivity contribution in [2.45, 2.75) is 19.1 Å². The highest BCUT2D eigenvalue weighted by Gasteiger charge is 2.23. The third-order valence-electron chi connectivity index (χ3n) is 1.88. The molecule has 0 bridgehead atoms. The number of ether oxygens (including phenoxy) is 1. The van der Waals surface area contributed by atoms with E-state index >= 15 is 0 Å². The Morgan fingerprint density at radius 1 is 1.83 bits per heavy atom. The summed E-state index contributed by atoms with van der Waals surface area (Å²) in [4.78, 5) is 10.6. The Morgan fingerprint density at radius 3 is 3.17 bits per heavy atom. The van der Waals surface area contributed by atoms with E-state index in [0.29, 0.717) is 6.61 Å². The molecular formula is C8H15N2O2. The second kappa shape index (κ2) is 5.24. The molecule has 4 heteroatoms. The molecule has 2 unspecified atom stereocenters. The highest BCUT2D eigenvalue weighted by Crippen LogP contribution is 1.99. The summed E-state index contributed by atoms with van der Waals surface area (Å²) in [5.41, 5.74) is 0. The van der Waals surface area contributed by atoms with Crippen LogP contribution >= 0.6 is 0 Å². The monoisotopic (exact) mass is 171 g/mol. The second-order valence-corrected chi connectivity index (χ2v) is 2.73. The molecule has 0 aromatic carbocycles. The third kappa shape index (κ3) is 2.55. The van der Waals surface area contributed by atoms with Gasteiger partial charge in [0.25, 0.3) is 0 Å². The molecule has 1 radical (unpaired) electrons. The van der Waals surface area contributed by atoms with Crippen molar-refractivity contribution in [1.29, 1.82) is 0 Å². The van der Waals surface area contributed by atoms with Gasteiger partial charge in [0.05, 0.1) is 6.04 Å². The van der Waals surface area contributed by atoms with E-state index in [1.807, 2.05) is 6.92 Å². The van der Waals surface area contributed by atoms with Crippen LogP contribution in [0.5, 0.6) is 0 Å². The van der Waals surface area contributed by atoms with Crippen LogP contribution in [0.3, 0.4) is 0 Å². The van der Waals surface area contributed by atoms with Crippen LogP contribution in [0.2, 0.25) is 0 Å². The van der Waals surface area contributed by atoms with Gasteiger partial charge in [-0.3, -0.25) is 0 Å². The first-order valence-electron chi connectivity index (χ1n) is 4.32. The Bertz CT molecular complexity index is 135. The first-order chi connectivity index (χ1) is 5.88. The van der Waals surface area contributed by atoms with Gasteiger partial charge in [-0.05, 0) is 6.92 Å². The largest absolute Gasteiger partial charge is 0.369 e. The minimum Gasteiger partial charge on any atom is -0.369 e. The Morgan fingerprint density at radius 2 is 2.67 bits per heavy atom. The van der Waals surface area contributed by atoms with Crippen molar-refractivity contribution in [3.05, 3.63) is 0 Å². The van der Waals surface area contributed by atoms with Crippen LogP contribution in [0.1, 0.15) is 6.92 Å².